The Balaban J connectivity index is 1.16. The van der Waals surface area contributed by atoms with Crippen molar-refractivity contribution in [2.45, 2.75) is 144 Å². The first-order chi connectivity index (χ1) is 19.9. The molecule has 42 heavy (non-hydrogen) atoms. The van der Waals surface area contributed by atoms with Gasteiger partial charge in [0.1, 0.15) is 0 Å². The lowest BCUT2D eigenvalue weighted by molar-refractivity contribution is -0.237. The molecule has 6 heteroatoms. The van der Waals surface area contributed by atoms with Gasteiger partial charge in [-0.2, -0.15) is 0 Å². The van der Waals surface area contributed by atoms with Crippen LogP contribution < -0.4 is 5.32 Å². The summed E-state index contributed by atoms with van der Waals surface area (Å²) in [6.07, 6.45) is 9.67. The summed E-state index contributed by atoms with van der Waals surface area (Å²) in [5.74, 6) is 2.60. The van der Waals surface area contributed by atoms with Crippen LogP contribution in [0, 0.1) is 56.7 Å². The summed E-state index contributed by atoms with van der Waals surface area (Å²) >= 11 is 0. The SMILES string of the molecule is CCO[C@H](C(C)C)C1C[C@@H](C)[C@H]2C(O1)[C@H](O)[C@@]1(C)[C@@H]3CC[C@H]4C(C)(C)C(O[C@H]5CNCCO5)CC[C@@]45C[C@@]35CC[C@]21C. The molecule has 2 spiro atoms. The lowest BCUT2D eigenvalue weighted by atomic mass is 9.41. The molecule has 5 aliphatic carbocycles. The van der Waals surface area contributed by atoms with E-state index in [1.54, 1.807) is 0 Å². The number of hydrogen-bond acceptors (Lipinski definition) is 6. The molecular formula is C36H61NO5. The normalized spacial score (nSPS) is 55.1. The van der Waals surface area contributed by atoms with Crippen molar-refractivity contribution in [1.82, 2.24) is 5.32 Å². The van der Waals surface area contributed by atoms with E-state index in [0.717, 1.165) is 32.5 Å². The molecule has 2 heterocycles. The molecule has 7 fully saturated rings. The Kier molecular flexibility index (Phi) is 7.34. The highest BCUT2D eigenvalue weighted by molar-refractivity contribution is 5.32. The highest BCUT2D eigenvalue weighted by Crippen LogP contribution is 2.89. The topological polar surface area (TPSA) is 69.2 Å². The van der Waals surface area contributed by atoms with Crippen molar-refractivity contribution in [2.24, 2.45) is 56.7 Å². The monoisotopic (exact) mass is 587 g/mol. The summed E-state index contributed by atoms with van der Waals surface area (Å²) in [5.41, 5.74) is 0.908. The van der Waals surface area contributed by atoms with Crippen LogP contribution in [0.4, 0.5) is 0 Å². The van der Waals surface area contributed by atoms with Gasteiger partial charge in [-0.25, -0.2) is 0 Å². The minimum absolute atomic E-state index is 0.0691. The minimum Gasteiger partial charge on any atom is -0.390 e. The van der Waals surface area contributed by atoms with Gasteiger partial charge in [-0.1, -0.05) is 48.5 Å². The molecule has 14 atom stereocenters. The van der Waals surface area contributed by atoms with E-state index < -0.39 is 6.10 Å². The summed E-state index contributed by atoms with van der Waals surface area (Å²) in [4.78, 5) is 0. The average molecular weight is 588 g/mol. The van der Waals surface area contributed by atoms with Crippen molar-refractivity contribution in [3.8, 4) is 0 Å². The van der Waals surface area contributed by atoms with Crippen molar-refractivity contribution in [3.63, 3.8) is 0 Å². The van der Waals surface area contributed by atoms with Crippen LogP contribution in [-0.4, -0.2) is 68.2 Å². The standard InChI is InChI=1S/C36H61NO5/c1-9-39-29(21(2)3)23-18-22(4)28-30(41-23)31(38)34(8)25-11-10-24-32(5,6)26(42-27-19-37-16-17-40-27)12-13-35(24)20-36(25,35)15-14-33(28,34)7/h21-31,37-38H,9-20H2,1-8H3/t22-,23?,24+,25+,26?,27+,28+,29-,30?,31+,33-,34-,35-,36+/m1/s1. The maximum absolute atomic E-state index is 12.5. The van der Waals surface area contributed by atoms with Gasteiger partial charge in [-0.3, -0.25) is 0 Å². The molecule has 0 aromatic rings. The number of nitrogens with one attached hydrogen (secondary N) is 1. The molecule has 5 saturated carbocycles. The predicted molar refractivity (Wildman–Crippen MR) is 164 cm³/mol. The van der Waals surface area contributed by atoms with Crippen molar-refractivity contribution in [1.29, 1.82) is 0 Å². The van der Waals surface area contributed by atoms with Gasteiger partial charge < -0.3 is 29.4 Å². The zero-order valence-electron chi connectivity index (χ0n) is 27.9. The smallest absolute Gasteiger partial charge is 0.170 e. The molecule has 0 aromatic heterocycles. The maximum atomic E-state index is 12.5. The molecule has 7 rings (SSSR count). The quantitative estimate of drug-likeness (QED) is 0.386. The Morgan fingerprint density at radius 3 is 2.43 bits per heavy atom. The number of aliphatic hydroxyl groups excluding tert-OH is 1. The average Bonchev–Trinajstić information content (AvgIpc) is 3.58. The first-order valence-corrected chi connectivity index (χ1v) is 17.8. The molecule has 6 nitrogen and oxygen atoms in total. The van der Waals surface area contributed by atoms with E-state index in [1.165, 1.54) is 38.5 Å². The second-order valence-corrected chi connectivity index (χ2v) is 17.3. The number of hydrogen-bond donors (Lipinski definition) is 2. The zero-order valence-corrected chi connectivity index (χ0v) is 27.9. The van der Waals surface area contributed by atoms with Crippen LogP contribution in [0.5, 0.6) is 0 Å². The van der Waals surface area contributed by atoms with Gasteiger partial charge >= 0.3 is 0 Å². The van der Waals surface area contributed by atoms with E-state index in [1.807, 2.05) is 0 Å². The fourth-order valence-electron chi connectivity index (χ4n) is 13.5. The first-order valence-electron chi connectivity index (χ1n) is 17.8. The van der Waals surface area contributed by atoms with Gasteiger partial charge in [0.05, 0.1) is 37.1 Å². The van der Waals surface area contributed by atoms with Crippen molar-refractivity contribution >= 4 is 0 Å². The molecular weight excluding hydrogens is 526 g/mol. The van der Waals surface area contributed by atoms with Crippen LogP contribution in [0.25, 0.3) is 0 Å². The number of rotatable bonds is 6. The van der Waals surface area contributed by atoms with Crippen molar-refractivity contribution in [3.05, 3.63) is 0 Å². The Hall–Kier alpha value is -0.240. The lowest BCUT2D eigenvalue weighted by Crippen LogP contribution is -2.60. The van der Waals surface area contributed by atoms with E-state index in [9.17, 15) is 5.11 Å². The molecule has 240 valence electrons. The first kappa shape index (κ1) is 30.4. The molecule has 0 amide bonds. The lowest BCUT2D eigenvalue weighted by Gasteiger charge is -2.64. The van der Waals surface area contributed by atoms with Gasteiger partial charge in [0.25, 0.3) is 0 Å². The van der Waals surface area contributed by atoms with Crippen LogP contribution in [0.2, 0.25) is 0 Å². The second-order valence-electron chi connectivity index (χ2n) is 17.3. The van der Waals surface area contributed by atoms with Crippen LogP contribution >= 0.6 is 0 Å². The Labute approximate surface area is 255 Å². The number of fused-ring (bicyclic) bond motifs is 4. The summed E-state index contributed by atoms with van der Waals surface area (Å²) in [6, 6.07) is 0. The van der Waals surface area contributed by atoms with Gasteiger partial charge in [0.2, 0.25) is 0 Å². The fourth-order valence-corrected chi connectivity index (χ4v) is 13.5. The fraction of sp³-hybridized carbons (Fsp3) is 1.00. The maximum Gasteiger partial charge on any atom is 0.170 e. The van der Waals surface area contributed by atoms with Crippen molar-refractivity contribution < 1.29 is 24.1 Å². The predicted octanol–water partition coefficient (Wildman–Crippen LogP) is 6.19. The summed E-state index contributed by atoms with van der Waals surface area (Å²) in [5, 5.41) is 16.0. The van der Waals surface area contributed by atoms with Gasteiger partial charge in [-0.15, -0.1) is 0 Å². The Bertz CT molecular complexity index is 1030. The van der Waals surface area contributed by atoms with E-state index in [-0.39, 0.29) is 47.0 Å². The molecule has 7 aliphatic rings. The second kappa shape index (κ2) is 10.1. The van der Waals surface area contributed by atoms with Gasteiger partial charge in [-0.05, 0) is 110 Å². The van der Waals surface area contributed by atoms with Crippen LogP contribution in [0.3, 0.4) is 0 Å². The molecule has 0 radical (unpaired) electrons. The third-order valence-corrected chi connectivity index (χ3v) is 15.4. The Morgan fingerprint density at radius 2 is 1.74 bits per heavy atom. The summed E-state index contributed by atoms with van der Waals surface area (Å²) in [6.45, 7) is 22.3. The Morgan fingerprint density at radius 1 is 1.00 bits per heavy atom. The van der Waals surface area contributed by atoms with Gasteiger partial charge in [0.15, 0.2) is 6.29 Å². The zero-order chi connectivity index (χ0) is 29.9. The van der Waals surface area contributed by atoms with Crippen LogP contribution in [0.1, 0.15) is 107 Å². The van der Waals surface area contributed by atoms with E-state index in [2.05, 4.69) is 60.7 Å². The van der Waals surface area contributed by atoms with E-state index in [0.29, 0.717) is 47.0 Å². The third-order valence-electron chi connectivity index (χ3n) is 15.4. The highest BCUT2D eigenvalue weighted by atomic mass is 16.7. The molecule has 0 aromatic carbocycles. The van der Waals surface area contributed by atoms with Crippen molar-refractivity contribution in [2.75, 3.05) is 26.3 Å². The van der Waals surface area contributed by atoms with E-state index in [4.69, 9.17) is 18.9 Å². The van der Waals surface area contributed by atoms with E-state index >= 15 is 0 Å². The minimum atomic E-state index is -0.410. The number of aliphatic hydroxyl groups is 1. The molecule has 2 saturated heterocycles. The number of morpholine rings is 1. The summed E-state index contributed by atoms with van der Waals surface area (Å²) < 4.78 is 26.0. The largest absolute Gasteiger partial charge is 0.390 e. The number of ether oxygens (including phenoxy) is 4. The highest BCUT2D eigenvalue weighted by Gasteiger charge is 2.84. The van der Waals surface area contributed by atoms with Gasteiger partial charge in [0, 0.05) is 25.1 Å². The molecule has 2 N–H and O–H groups in total. The van der Waals surface area contributed by atoms with Crippen LogP contribution in [0.15, 0.2) is 0 Å². The third kappa shape index (κ3) is 3.84. The molecule has 0 bridgehead atoms. The molecule has 3 unspecified atom stereocenters. The molecule has 2 aliphatic heterocycles. The summed E-state index contributed by atoms with van der Waals surface area (Å²) in [7, 11) is 0. The van der Waals surface area contributed by atoms with Crippen LogP contribution in [-0.2, 0) is 18.9 Å².